The first-order chi connectivity index (χ1) is 14.0. The number of aliphatic hydroxyl groups excluding tert-OH is 1. The second kappa shape index (κ2) is 9.97. The standard InChI is InChI=1S/C24H29FO4/c25-21-15-23(27)20(9-3-1-2-4-10-24(28)29)19(21)11-12-22(26)18-13-16-7-5-6-8-17(16)14-18/h1,3,5-8,11-12,18-22,26H,2,4,9-10,13-15H2,(H,28,29)/t19-,20-,21+,22-/m1/s1. The number of carbonyl (C=O) groups is 2. The number of halogens is 1. The van der Waals surface area contributed by atoms with E-state index in [9.17, 15) is 19.1 Å². The first kappa shape index (κ1) is 21.4. The van der Waals surface area contributed by atoms with Crippen LogP contribution in [0.4, 0.5) is 4.39 Å². The van der Waals surface area contributed by atoms with E-state index < -0.39 is 30.1 Å². The third kappa shape index (κ3) is 5.63. The Labute approximate surface area is 171 Å². The second-order valence-corrected chi connectivity index (χ2v) is 8.18. The molecule has 5 heteroatoms. The van der Waals surface area contributed by atoms with Gasteiger partial charge in [0.15, 0.2) is 0 Å². The summed E-state index contributed by atoms with van der Waals surface area (Å²) in [5.41, 5.74) is 2.52. The van der Waals surface area contributed by atoms with Gasteiger partial charge in [0.1, 0.15) is 12.0 Å². The van der Waals surface area contributed by atoms with Crippen LogP contribution in [0.1, 0.15) is 43.2 Å². The molecule has 0 unspecified atom stereocenters. The van der Waals surface area contributed by atoms with Gasteiger partial charge in [-0.15, -0.1) is 0 Å². The van der Waals surface area contributed by atoms with Crippen LogP contribution < -0.4 is 0 Å². The van der Waals surface area contributed by atoms with Gasteiger partial charge < -0.3 is 10.2 Å². The molecule has 4 atom stereocenters. The zero-order valence-electron chi connectivity index (χ0n) is 16.5. The quantitative estimate of drug-likeness (QED) is 0.484. The van der Waals surface area contributed by atoms with Crippen LogP contribution in [-0.2, 0) is 22.4 Å². The Hall–Kier alpha value is -2.27. The molecule has 1 saturated carbocycles. The Morgan fingerprint density at radius 3 is 2.52 bits per heavy atom. The van der Waals surface area contributed by atoms with Gasteiger partial charge in [-0.25, -0.2) is 4.39 Å². The minimum atomic E-state index is -1.21. The van der Waals surface area contributed by atoms with Crippen LogP contribution in [0.25, 0.3) is 0 Å². The molecule has 0 heterocycles. The third-order valence-electron chi connectivity index (χ3n) is 6.11. The number of Topliss-reactive ketones (excluding diaryl/α,β-unsaturated/α-hetero) is 1. The smallest absolute Gasteiger partial charge is 0.303 e. The Bertz CT molecular complexity index is 760. The molecule has 2 aliphatic rings. The Morgan fingerprint density at radius 2 is 1.86 bits per heavy atom. The van der Waals surface area contributed by atoms with Crippen molar-refractivity contribution in [3.8, 4) is 0 Å². The van der Waals surface area contributed by atoms with E-state index in [1.54, 1.807) is 12.2 Å². The number of carbonyl (C=O) groups excluding carboxylic acids is 1. The topological polar surface area (TPSA) is 74.6 Å². The molecule has 0 amide bonds. The van der Waals surface area contributed by atoms with Crippen LogP contribution in [0.15, 0.2) is 48.6 Å². The van der Waals surface area contributed by atoms with E-state index in [-0.39, 0.29) is 24.5 Å². The number of aliphatic hydroxyl groups is 1. The fraction of sp³-hybridized carbons (Fsp3) is 0.500. The lowest BCUT2D eigenvalue weighted by Gasteiger charge is -2.18. The first-order valence-electron chi connectivity index (χ1n) is 10.4. The predicted molar refractivity (Wildman–Crippen MR) is 109 cm³/mol. The van der Waals surface area contributed by atoms with E-state index in [0.29, 0.717) is 19.3 Å². The number of carboxylic acid groups (broad SMARTS) is 1. The molecule has 2 aliphatic carbocycles. The SMILES string of the molecule is O=C(O)CCCC=CC[C@H]1C(=O)C[C@H](F)[C@@H]1C=C[C@@H](O)C1Cc2ccccc2C1. The molecule has 4 nitrogen and oxygen atoms in total. The summed E-state index contributed by atoms with van der Waals surface area (Å²) < 4.78 is 14.4. The van der Waals surface area contributed by atoms with E-state index >= 15 is 0 Å². The predicted octanol–water partition coefficient (Wildman–Crippen LogP) is 4.06. The summed E-state index contributed by atoms with van der Waals surface area (Å²) in [6.07, 6.45) is 8.54. The lowest BCUT2D eigenvalue weighted by molar-refractivity contribution is -0.137. The van der Waals surface area contributed by atoms with Crippen LogP contribution in [-0.4, -0.2) is 34.2 Å². The number of fused-ring (bicyclic) bond motifs is 1. The summed E-state index contributed by atoms with van der Waals surface area (Å²) in [6.45, 7) is 0. The van der Waals surface area contributed by atoms with Crippen molar-refractivity contribution in [2.45, 2.75) is 57.2 Å². The van der Waals surface area contributed by atoms with Gasteiger partial charge in [-0.3, -0.25) is 9.59 Å². The molecule has 0 bridgehead atoms. The van der Waals surface area contributed by atoms with E-state index in [4.69, 9.17) is 5.11 Å². The monoisotopic (exact) mass is 400 g/mol. The molecule has 0 aromatic heterocycles. The molecule has 3 rings (SSSR count). The number of hydrogen-bond donors (Lipinski definition) is 2. The van der Waals surface area contributed by atoms with Crippen LogP contribution in [0.3, 0.4) is 0 Å². The van der Waals surface area contributed by atoms with Crippen LogP contribution in [0, 0.1) is 17.8 Å². The van der Waals surface area contributed by atoms with Crippen molar-refractivity contribution in [1.82, 2.24) is 0 Å². The van der Waals surface area contributed by atoms with Crippen LogP contribution >= 0.6 is 0 Å². The van der Waals surface area contributed by atoms with Gasteiger partial charge in [0.05, 0.1) is 6.10 Å². The minimum Gasteiger partial charge on any atom is -0.481 e. The Morgan fingerprint density at radius 1 is 1.17 bits per heavy atom. The van der Waals surface area contributed by atoms with Gasteiger partial charge >= 0.3 is 5.97 Å². The number of hydrogen-bond acceptors (Lipinski definition) is 3. The third-order valence-corrected chi connectivity index (χ3v) is 6.11. The van der Waals surface area contributed by atoms with E-state index in [1.165, 1.54) is 11.1 Å². The Balaban J connectivity index is 1.54. The number of aliphatic carboxylic acids is 1. The summed E-state index contributed by atoms with van der Waals surface area (Å²) >= 11 is 0. The van der Waals surface area contributed by atoms with Crippen LogP contribution in [0.5, 0.6) is 0 Å². The molecule has 156 valence electrons. The summed E-state index contributed by atoms with van der Waals surface area (Å²) in [5.74, 6) is -1.73. The van der Waals surface area contributed by atoms with E-state index in [2.05, 4.69) is 12.1 Å². The largest absolute Gasteiger partial charge is 0.481 e. The van der Waals surface area contributed by atoms with E-state index in [0.717, 1.165) is 12.8 Å². The highest BCUT2D eigenvalue weighted by atomic mass is 19.1. The highest BCUT2D eigenvalue weighted by Crippen LogP contribution is 2.36. The lowest BCUT2D eigenvalue weighted by atomic mass is 9.89. The maximum absolute atomic E-state index is 14.4. The highest BCUT2D eigenvalue weighted by molar-refractivity contribution is 5.84. The van der Waals surface area contributed by atoms with Crippen molar-refractivity contribution in [3.63, 3.8) is 0 Å². The molecule has 1 aromatic rings. The number of ketones is 1. The summed E-state index contributed by atoms with van der Waals surface area (Å²) in [6, 6.07) is 8.16. The number of carboxylic acids is 1. The van der Waals surface area contributed by atoms with Gasteiger partial charge in [0.2, 0.25) is 0 Å². The van der Waals surface area contributed by atoms with Crippen molar-refractivity contribution in [1.29, 1.82) is 0 Å². The van der Waals surface area contributed by atoms with E-state index in [1.807, 2.05) is 24.3 Å². The number of unbranched alkanes of at least 4 members (excludes halogenated alkanes) is 1. The number of allylic oxidation sites excluding steroid dienone is 3. The molecular formula is C24H29FO4. The van der Waals surface area contributed by atoms with Gasteiger partial charge in [-0.2, -0.15) is 0 Å². The van der Waals surface area contributed by atoms with Crippen LogP contribution in [0.2, 0.25) is 0 Å². The molecule has 1 aromatic carbocycles. The van der Waals surface area contributed by atoms with Crippen molar-refractivity contribution in [2.24, 2.45) is 17.8 Å². The van der Waals surface area contributed by atoms with Gasteiger partial charge in [0, 0.05) is 24.7 Å². The minimum absolute atomic E-state index is 0.0719. The molecule has 1 fully saturated rings. The average molecular weight is 400 g/mol. The van der Waals surface area contributed by atoms with Gasteiger partial charge in [-0.1, -0.05) is 48.6 Å². The summed E-state index contributed by atoms with van der Waals surface area (Å²) in [5, 5.41) is 19.2. The summed E-state index contributed by atoms with van der Waals surface area (Å²) in [4.78, 5) is 22.7. The molecule has 0 aliphatic heterocycles. The highest BCUT2D eigenvalue weighted by Gasteiger charge is 2.40. The van der Waals surface area contributed by atoms with Crippen molar-refractivity contribution < 1.29 is 24.2 Å². The maximum Gasteiger partial charge on any atom is 0.303 e. The molecular weight excluding hydrogens is 371 g/mol. The molecule has 0 radical (unpaired) electrons. The Kier molecular flexibility index (Phi) is 7.37. The van der Waals surface area contributed by atoms with Gasteiger partial charge in [-0.05, 0) is 49.1 Å². The second-order valence-electron chi connectivity index (χ2n) is 8.18. The number of benzene rings is 1. The molecule has 29 heavy (non-hydrogen) atoms. The van der Waals surface area contributed by atoms with Gasteiger partial charge in [0.25, 0.3) is 0 Å². The average Bonchev–Trinajstić information content (AvgIpc) is 3.23. The molecule has 0 spiro atoms. The number of rotatable bonds is 9. The molecule has 0 saturated heterocycles. The fourth-order valence-electron chi connectivity index (χ4n) is 4.46. The molecule has 2 N–H and O–H groups in total. The zero-order chi connectivity index (χ0) is 20.8. The lowest BCUT2D eigenvalue weighted by Crippen LogP contribution is -2.20. The normalized spacial score (nSPS) is 25.9. The first-order valence-corrected chi connectivity index (χ1v) is 10.4. The summed E-state index contributed by atoms with van der Waals surface area (Å²) in [7, 11) is 0. The maximum atomic E-state index is 14.4. The van der Waals surface area contributed by atoms with Crippen molar-refractivity contribution in [3.05, 3.63) is 59.7 Å². The van der Waals surface area contributed by atoms with Crippen molar-refractivity contribution >= 4 is 11.8 Å². The number of alkyl halides is 1. The fourth-order valence-corrected chi connectivity index (χ4v) is 4.46. The van der Waals surface area contributed by atoms with Crippen molar-refractivity contribution in [2.75, 3.05) is 0 Å². The zero-order valence-corrected chi connectivity index (χ0v) is 16.5.